The Hall–Kier alpha value is -0.280. The molecule has 52 valence electrons. The van der Waals surface area contributed by atoms with Crippen LogP contribution in [0.4, 0.5) is 0 Å². The average Bonchev–Trinajstić information content (AvgIpc) is 1.84. The number of hydrogen-bond acceptors (Lipinski definition) is 2. The fraction of sp³-hybridized carbons (Fsp3) is 0.200. The van der Waals surface area contributed by atoms with Gasteiger partial charge in [0.25, 0.3) is 0 Å². The molecule has 0 atom stereocenters. The van der Waals surface area contributed by atoms with Gasteiger partial charge in [-0.15, -0.1) is 11.6 Å². The summed E-state index contributed by atoms with van der Waals surface area (Å²) in [4.78, 5) is 0. The standard InChI is InChI=1S/C5H7ClO2S/c1-2-3-4-9(7,8)5-6/h2-4H,1,5H2/b4-3+. The van der Waals surface area contributed by atoms with Crippen molar-refractivity contribution in [3.63, 3.8) is 0 Å². The maximum Gasteiger partial charge on any atom is 0.185 e. The molecule has 0 radical (unpaired) electrons. The first-order chi connectivity index (χ1) is 4.12. The summed E-state index contributed by atoms with van der Waals surface area (Å²) in [6.45, 7) is 3.30. The van der Waals surface area contributed by atoms with Crippen LogP contribution < -0.4 is 0 Å². The third kappa shape index (κ3) is 4.24. The minimum Gasteiger partial charge on any atom is -0.223 e. The highest BCUT2D eigenvalue weighted by Crippen LogP contribution is 1.94. The monoisotopic (exact) mass is 166 g/mol. The Balaban J connectivity index is 4.21. The molecule has 0 bridgehead atoms. The van der Waals surface area contributed by atoms with E-state index in [-0.39, 0.29) is 5.21 Å². The van der Waals surface area contributed by atoms with Crippen LogP contribution in [-0.2, 0) is 9.84 Å². The first kappa shape index (κ1) is 8.72. The molecule has 0 aromatic heterocycles. The van der Waals surface area contributed by atoms with Crippen LogP contribution in [0, 0.1) is 0 Å². The van der Waals surface area contributed by atoms with Crippen LogP contribution in [0.15, 0.2) is 24.1 Å². The molecule has 0 unspecified atom stereocenters. The molecule has 0 fully saturated rings. The fourth-order valence-electron chi connectivity index (χ4n) is 0.212. The van der Waals surface area contributed by atoms with Gasteiger partial charge in [0, 0.05) is 5.41 Å². The van der Waals surface area contributed by atoms with Gasteiger partial charge in [0.05, 0.1) is 0 Å². The van der Waals surface area contributed by atoms with E-state index in [0.717, 1.165) is 5.41 Å². The fourth-order valence-corrected chi connectivity index (χ4v) is 0.853. The van der Waals surface area contributed by atoms with Gasteiger partial charge in [-0.1, -0.05) is 18.7 Å². The number of allylic oxidation sites excluding steroid dienone is 2. The maximum absolute atomic E-state index is 10.5. The van der Waals surface area contributed by atoms with Gasteiger partial charge in [-0.2, -0.15) is 0 Å². The van der Waals surface area contributed by atoms with Crippen molar-refractivity contribution in [1.29, 1.82) is 0 Å². The van der Waals surface area contributed by atoms with E-state index in [4.69, 9.17) is 11.6 Å². The quantitative estimate of drug-likeness (QED) is 0.468. The molecular weight excluding hydrogens is 160 g/mol. The average molecular weight is 167 g/mol. The van der Waals surface area contributed by atoms with Gasteiger partial charge >= 0.3 is 0 Å². The van der Waals surface area contributed by atoms with Gasteiger partial charge in [-0.25, -0.2) is 8.42 Å². The molecule has 0 N–H and O–H groups in total. The van der Waals surface area contributed by atoms with Gasteiger partial charge in [-0.05, 0) is 0 Å². The molecule has 9 heavy (non-hydrogen) atoms. The number of sulfone groups is 1. The Labute approximate surface area is 59.7 Å². The lowest BCUT2D eigenvalue weighted by Gasteiger charge is -1.84. The molecule has 0 rings (SSSR count). The van der Waals surface area contributed by atoms with E-state index in [1.807, 2.05) is 0 Å². The number of alkyl halides is 1. The zero-order valence-corrected chi connectivity index (χ0v) is 6.32. The van der Waals surface area contributed by atoms with Crippen LogP contribution in [0.25, 0.3) is 0 Å². The summed E-state index contributed by atoms with van der Waals surface area (Å²) in [5.41, 5.74) is 0. The van der Waals surface area contributed by atoms with Gasteiger partial charge in [0.15, 0.2) is 9.84 Å². The van der Waals surface area contributed by atoms with Crippen LogP contribution in [0.5, 0.6) is 0 Å². The Bertz CT molecular complexity index is 203. The summed E-state index contributed by atoms with van der Waals surface area (Å²) >= 11 is 5.06. The minimum absolute atomic E-state index is 0.378. The van der Waals surface area contributed by atoms with Crippen molar-refractivity contribution in [3.05, 3.63) is 24.1 Å². The van der Waals surface area contributed by atoms with Gasteiger partial charge in [0.1, 0.15) is 5.21 Å². The number of halogens is 1. The highest BCUT2D eigenvalue weighted by Gasteiger charge is 1.99. The molecular formula is C5H7ClO2S. The Morgan fingerprint density at radius 2 is 2.11 bits per heavy atom. The van der Waals surface area contributed by atoms with Gasteiger partial charge in [0.2, 0.25) is 0 Å². The Kier molecular flexibility index (Phi) is 3.58. The molecule has 4 heteroatoms. The summed E-state index contributed by atoms with van der Waals surface area (Å²) in [7, 11) is -3.17. The van der Waals surface area contributed by atoms with Crippen molar-refractivity contribution in [1.82, 2.24) is 0 Å². The summed E-state index contributed by atoms with van der Waals surface area (Å²) in [5, 5.41) is 0.643. The second kappa shape index (κ2) is 3.69. The van der Waals surface area contributed by atoms with Gasteiger partial charge < -0.3 is 0 Å². The van der Waals surface area contributed by atoms with Crippen LogP contribution in [0.1, 0.15) is 0 Å². The van der Waals surface area contributed by atoms with Crippen molar-refractivity contribution >= 4 is 21.4 Å². The molecule has 0 saturated carbocycles. The van der Waals surface area contributed by atoms with E-state index in [1.54, 1.807) is 0 Å². The van der Waals surface area contributed by atoms with E-state index >= 15 is 0 Å². The van der Waals surface area contributed by atoms with E-state index in [9.17, 15) is 8.42 Å². The topological polar surface area (TPSA) is 34.1 Å². The second-order valence-corrected chi connectivity index (χ2v) is 3.81. The summed E-state index contributed by atoms with van der Waals surface area (Å²) in [5.74, 6) is 0. The van der Waals surface area contributed by atoms with Gasteiger partial charge in [-0.3, -0.25) is 0 Å². The normalized spacial score (nSPS) is 12.1. The lowest BCUT2D eigenvalue weighted by molar-refractivity contribution is 0.609. The zero-order valence-electron chi connectivity index (χ0n) is 4.75. The molecule has 0 aliphatic carbocycles. The van der Waals surface area contributed by atoms with E-state index < -0.39 is 9.84 Å². The highest BCUT2D eigenvalue weighted by atomic mass is 35.5. The summed E-state index contributed by atoms with van der Waals surface area (Å²) in [6.07, 6.45) is 2.71. The predicted octanol–water partition coefficient (Wildman–Crippen LogP) is 1.30. The van der Waals surface area contributed by atoms with Crippen molar-refractivity contribution in [2.75, 3.05) is 5.21 Å². The maximum atomic E-state index is 10.5. The summed E-state index contributed by atoms with van der Waals surface area (Å²) < 4.78 is 21.0. The zero-order chi connectivity index (χ0) is 7.33. The van der Waals surface area contributed by atoms with Crippen LogP contribution in [0.2, 0.25) is 0 Å². The molecule has 0 amide bonds. The van der Waals surface area contributed by atoms with Crippen molar-refractivity contribution in [2.24, 2.45) is 0 Å². The van der Waals surface area contributed by atoms with Crippen molar-refractivity contribution < 1.29 is 8.42 Å². The van der Waals surface area contributed by atoms with Crippen molar-refractivity contribution in [3.8, 4) is 0 Å². The van der Waals surface area contributed by atoms with Crippen molar-refractivity contribution in [2.45, 2.75) is 0 Å². The minimum atomic E-state index is -3.17. The summed E-state index contributed by atoms with van der Waals surface area (Å²) in [6, 6.07) is 0. The van der Waals surface area contributed by atoms with Crippen LogP contribution >= 0.6 is 11.6 Å². The Morgan fingerprint density at radius 3 is 2.44 bits per heavy atom. The molecule has 0 spiro atoms. The van der Waals surface area contributed by atoms with E-state index in [1.165, 1.54) is 12.2 Å². The van der Waals surface area contributed by atoms with Crippen LogP contribution in [0.3, 0.4) is 0 Å². The first-order valence-corrected chi connectivity index (χ1v) is 4.45. The third-order valence-electron chi connectivity index (χ3n) is 0.574. The van der Waals surface area contributed by atoms with E-state index in [2.05, 4.69) is 6.58 Å². The lowest BCUT2D eigenvalue weighted by Crippen LogP contribution is -1.93. The molecule has 0 aromatic rings. The number of hydrogen-bond donors (Lipinski definition) is 0. The molecule has 0 heterocycles. The SMILES string of the molecule is C=C/C=C/S(=O)(=O)CCl. The lowest BCUT2D eigenvalue weighted by atomic mass is 10.6. The number of rotatable bonds is 3. The molecule has 0 aromatic carbocycles. The predicted molar refractivity (Wildman–Crippen MR) is 39.0 cm³/mol. The van der Waals surface area contributed by atoms with Crippen LogP contribution in [-0.4, -0.2) is 13.6 Å². The molecule has 2 nitrogen and oxygen atoms in total. The Morgan fingerprint density at radius 1 is 1.56 bits per heavy atom. The van der Waals surface area contributed by atoms with E-state index in [0.29, 0.717) is 0 Å². The molecule has 0 aliphatic heterocycles. The molecule has 0 aliphatic rings. The largest absolute Gasteiger partial charge is 0.223 e. The first-order valence-electron chi connectivity index (χ1n) is 2.20. The smallest absolute Gasteiger partial charge is 0.185 e. The second-order valence-electron chi connectivity index (χ2n) is 1.34. The highest BCUT2D eigenvalue weighted by molar-refractivity contribution is 7.95. The molecule has 0 saturated heterocycles. The third-order valence-corrected chi connectivity index (χ3v) is 2.36.